The van der Waals surface area contributed by atoms with Crippen LogP contribution in [-0.4, -0.2) is 50.2 Å². The number of anilines is 3. The molecular formula is C24H26N4O4S. The van der Waals surface area contributed by atoms with Gasteiger partial charge in [-0.3, -0.25) is 4.72 Å². The highest BCUT2D eigenvalue weighted by molar-refractivity contribution is 7.92. The summed E-state index contributed by atoms with van der Waals surface area (Å²) in [5.41, 5.74) is 2.39. The molecule has 2 N–H and O–H groups in total. The first-order valence-electron chi connectivity index (χ1n) is 10.6. The summed E-state index contributed by atoms with van der Waals surface area (Å²) < 4.78 is 28.4. The highest BCUT2D eigenvalue weighted by atomic mass is 32.2. The van der Waals surface area contributed by atoms with Crippen LogP contribution in [0, 0.1) is 6.92 Å². The lowest BCUT2D eigenvalue weighted by Crippen LogP contribution is -2.52. The summed E-state index contributed by atoms with van der Waals surface area (Å²) >= 11 is 0. The quantitative estimate of drug-likeness (QED) is 0.572. The van der Waals surface area contributed by atoms with Crippen molar-refractivity contribution in [3.63, 3.8) is 0 Å². The van der Waals surface area contributed by atoms with Crippen LogP contribution in [-0.2, 0) is 10.0 Å². The topological polar surface area (TPSA) is 103 Å². The van der Waals surface area contributed by atoms with E-state index in [2.05, 4.69) is 46.7 Å². The molecule has 4 rings (SSSR count). The van der Waals surface area contributed by atoms with Gasteiger partial charge in [0, 0.05) is 37.6 Å². The molecule has 1 atom stereocenters. The highest BCUT2D eigenvalue weighted by Gasteiger charge is 2.28. The Labute approximate surface area is 193 Å². The van der Waals surface area contributed by atoms with E-state index in [0.29, 0.717) is 18.9 Å². The molecule has 0 saturated carbocycles. The number of sulfonamides is 1. The molecule has 1 fully saturated rings. The Hall–Kier alpha value is -3.59. The van der Waals surface area contributed by atoms with Gasteiger partial charge in [0.15, 0.2) is 5.82 Å². The molecule has 0 radical (unpaired) electrons. The number of aromatic carboxylic acids is 1. The zero-order valence-corrected chi connectivity index (χ0v) is 19.3. The largest absolute Gasteiger partial charge is 0.478 e. The molecule has 0 aliphatic carbocycles. The fraction of sp³-hybridized carbons (Fsp3) is 0.250. The van der Waals surface area contributed by atoms with Gasteiger partial charge in [-0.2, -0.15) is 0 Å². The van der Waals surface area contributed by atoms with Crippen molar-refractivity contribution in [3.05, 3.63) is 78.0 Å². The van der Waals surface area contributed by atoms with Gasteiger partial charge in [-0.25, -0.2) is 18.2 Å². The second kappa shape index (κ2) is 9.11. The summed E-state index contributed by atoms with van der Waals surface area (Å²) in [5.74, 6) is -0.762. The Bertz CT molecular complexity index is 1260. The number of carboxylic acids is 1. The zero-order chi connectivity index (χ0) is 23.6. The molecule has 2 heterocycles. The lowest BCUT2D eigenvalue weighted by Gasteiger charge is -2.42. The number of carbonyl (C=O) groups is 1. The first-order chi connectivity index (χ1) is 15.7. The van der Waals surface area contributed by atoms with Gasteiger partial charge in [-0.1, -0.05) is 30.3 Å². The van der Waals surface area contributed by atoms with E-state index in [4.69, 9.17) is 0 Å². The number of carboxylic acid groups (broad SMARTS) is 1. The predicted molar refractivity (Wildman–Crippen MR) is 129 cm³/mol. The van der Waals surface area contributed by atoms with Crippen molar-refractivity contribution in [1.29, 1.82) is 0 Å². The first kappa shape index (κ1) is 22.6. The van der Waals surface area contributed by atoms with Crippen molar-refractivity contribution >= 4 is 33.2 Å². The SMILES string of the molecule is Cc1cccc(N2CCN(c3ncc(C(=O)O)cc3NS(=O)(=O)c3ccccc3)CC2C)c1. The van der Waals surface area contributed by atoms with Crippen LogP contribution in [0.4, 0.5) is 17.2 Å². The Morgan fingerprint density at radius 1 is 1.09 bits per heavy atom. The van der Waals surface area contributed by atoms with Gasteiger partial charge in [0.1, 0.15) is 0 Å². The van der Waals surface area contributed by atoms with E-state index in [1.807, 2.05) is 11.0 Å². The average Bonchev–Trinajstić information content (AvgIpc) is 2.79. The maximum Gasteiger partial charge on any atom is 0.337 e. The van der Waals surface area contributed by atoms with Crippen LogP contribution in [0.5, 0.6) is 0 Å². The summed E-state index contributed by atoms with van der Waals surface area (Å²) in [7, 11) is -3.91. The molecule has 0 spiro atoms. The number of nitrogens with one attached hydrogen (secondary N) is 1. The number of benzene rings is 2. The third-order valence-electron chi connectivity index (χ3n) is 5.67. The van der Waals surface area contributed by atoms with Gasteiger partial charge in [-0.05, 0) is 49.7 Å². The van der Waals surface area contributed by atoms with E-state index in [1.165, 1.54) is 30.0 Å². The van der Waals surface area contributed by atoms with Crippen molar-refractivity contribution in [3.8, 4) is 0 Å². The lowest BCUT2D eigenvalue weighted by atomic mass is 10.1. The number of pyridine rings is 1. The van der Waals surface area contributed by atoms with Crippen LogP contribution in [0.3, 0.4) is 0 Å². The van der Waals surface area contributed by atoms with Gasteiger partial charge < -0.3 is 14.9 Å². The summed E-state index contributed by atoms with van der Waals surface area (Å²) in [5, 5.41) is 9.41. The number of rotatable bonds is 6. The Balaban J connectivity index is 1.63. The van der Waals surface area contributed by atoms with Crippen LogP contribution >= 0.6 is 0 Å². The van der Waals surface area contributed by atoms with Crippen LogP contribution in [0.25, 0.3) is 0 Å². The summed E-state index contributed by atoms with van der Waals surface area (Å²) in [4.78, 5) is 20.3. The molecular weight excluding hydrogens is 440 g/mol. The average molecular weight is 467 g/mol. The predicted octanol–water partition coefficient (Wildman–Crippen LogP) is 3.60. The third kappa shape index (κ3) is 4.93. The fourth-order valence-electron chi connectivity index (χ4n) is 4.05. The zero-order valence-electron chi connectivity index (χ0n) is 18.5. The van der Waals surface area contributed by atoms with E-state index >= 15 is 0 Å². The van der Waals surface area contributed by atoms with E-state index in [9.17, 15) is 18.3 Å². The molecule has 2 aromatic carbocycles. The summed E-state index contributed by atoms with van der Waals surface area (Å²) in [6.45, 7) is 6.10. The van der Waals surface area contributed by atoms with Crippen LogP contribution < -0.4 is 14.5 Å². The van der Waals surface area contributed by atoms with Crippen molar-refractivity contribution in [2.24, 2.45) is 0 Å². The fourth-order valence-corrected chi connectivity index (χ4v) is 5.12. The Morgan fingerprint density at radius 3 is 2.52 bits per heavy atom. The smallest absolute Gasteiger partial charge is 0.337 e. The molecule has 172 valence electrons. The Kier molecular flexibility index (Phi) is 6.24. The van der Waals surface area contributed by atoms with Gasteiger partial charge in [-0.15, -0.1) is 0 Å². The number of aromatic nitrogens is 1. The molecule has 0 bridgehead atoms. The van der Waals surface area contributed by atoms with Crippen molar-refractivity contribution in [2.45, 2.75) is 24.8 Å². The van der Waals surface area contributed by atoms with E-state index in [1.54, 1.807) is 18.2 Å². The number of aryl methyl sites for hydroxylation is 1. The molecule has 1 saturated heterocycles. The van der Waals surface area contributed by atoms with Gasteiger partial charge >= 0.3 is 5.97 Å². The summed E-state index contributed by atoms with van der Waals surface area (Å²) in [6.07, 6.45) is 1.26. The maximum absolute atomic E-state index is 12.9. The lowest BCUT2D eigenvalue weighted by molar-refractivity contribution is 0.0696. The van der Waals surface area contributed by atoms with E-state index < -0.39 is 16.0 Å². The maximum atomic E-state index is 12.9. The van der Waals surface area contributed by atoms with E-state index in [0.717, 1.165) is 12.2 Å². The van der Waals surface area contributed by atoms with Crippen LogP contribution in [0.15, 0.2) is 71.8 Å². The molecule has 1 unspecified atom stereocenters. The number of hydrogen-bond donors (Lipinski definition) is 2. The van der Waals surface area contributed by atoms with Gasteiger partial charge in [0.05, 0.1) is 16.1 Å². The number of piperazine rings is 1. The Morgan fingerprint density at radius 2 is 1.85 bits per heavy atom. The number of nitrogens with zero attached hydrogens (tertiary/aromatic N) is 3. The molecule has 3 aromatic rings. The molecule has 9 heteroatoms. The molecule has 33 heavy (non-hydrogen) atoms. The highest BCUT2D eigenvalue weighted by Crippen LogP contribution is 2.30. The van der Waals surface area contributed by atoms with Crippen LogP contribution in [0.2, 0.25) is 0 Å². The molecule has 1 aliphatic heterocycles. The minimum atomic E-state index is -3.91. The monoisotopic (exact) mass is 466 g/mol. The van der Waals surface area contributed by atoms with Crippen molar-refractivity contribution in [1.82, 2.24) is 4.98 Å². The molecule has 1 aromatic heterocycles. The summed E-state index contributed by atoms with van der Waals surface area (Å²) in [6, 6.07) is 17.7. The molecule has 8 nitrogen and oxygen atoms in total. The minimum Gasteiger partial charge on any atom is -0.478 e. The third-order valence-corrected chi connectivity index (χ3v) is 7.05. The number of hydrogen-bond acceptors (Lipinski definition) is 6. The van der Waals surface area contributed by atoms with Crippen molar-refractivity contribution in [2.75, 3.05) is 34.2 Å². The standard InChI is InChI=1S/C24H26N4O4S/c1-17-7-6-8-20(13-17)28-12-11-27(16-18(28)2)23-22(14-19(15-25-23)24(29)30)26-33(31,32)21-9-4-3-5-10-21/h3-10,13-15,18,26H,11-12,16H2,1-2H3,(H,29,30). The van der Waals surface area contributed by atoms with Gasteiger partial charge in [0.2, 0.25) is 0 Å². The van der Waals surface area contributed by atoms with Crippen molar-refractivity contribution < 1.29 is 18.3 Å². The molecule has 0 amide bonds. The van der Waals surface area contributed by atoms with Gasteiger partial charge in [0.25, 0.3) is 10.0 Å². The molecule has 1 aliphatic rings. The minimum absolute atomic E-state index is 0.0871. The van der Waals surface area contributed by atoms with Crippen LogP contribution in [0.1, 0.15) is 22.8 Å². The first-order valence-corrected chi connectivity index (χ1v) is 12.1. The normalized spacial score (nSPS) is 16.5. The van der Waals surface area contributed by atoms with E-state index in [-0.39, 0.29) is 22.2 Å². The second-order valence-corrected chi connectivity index (χ2v) is 9.83. The second-order valence-electron chi connectivity index (χ2n) is 8.15.